The monoisotopic (exact) mass is 359 g/mol. The van der Waals surface area contributed by atoms with Crippen molar-refractivity contribution in [3.05, 3.63) is 42.3 Å². The molecule has 1 aromatic carbocycles. The third-order valence-corrected chi connectivity index (χ3v) is 3.76. The maximum absolute atomic E-state index is 14.4. The molecule has 1 amide bonds. The summed E-state index contributed by atoms with van der Waals surface area (Å²) in [4.78, 5) is 15.3. The lowest BCUT2D eigenvalue weighted by molar-refractivity contribution is -0.114. The first-order valence-corrected chi connectivity index (χ1v) is 8.62. The van der Waals surface area contributed by atoms with Gasteiger partial charge in [-0.2, -0.15) is 0 Å². The second kappa shape index (κ2) is 8.27. The van der Waals surface area contributed by atoms with E-state index in [0.717, 1.165) is 6.42 Å². The number of anilines is 1. The summed E-state index contributed by atoms with van der Waals surface area (Å²) in [6.45, 7) is 7.67. The Morgan fingerprint density at radius 2 is 2.12 bits per heavy atom. The summed E-state index contributed by atoms with van der Waals surface area (Å²) < 4.78 is 20.2. The Hall–Kier alpha value is -2.47. The minimum absolute atomic E-state index is 0.146. The number of aromatic nitrogens is 1. The maximum atomic E-state index is 14.4. The lowest BCUT2D eigenvalue weighted by Crippen LogP contribution is -2.43. The molecule has 140 valence electrons. The van der Waals surface area contributed by atoms with E-state index >= 15 is 0 Å². The quantitative estimate of drug-likeness (QED) is 0.784. The number of nitrogens with two attached hydrogens (primary N) is 1. The van der Waals surface area contributed by atoms with Crippen molar-refractivity contribution in [2.75, 3.05) is 11.9 Å². The van der Waals surface area contributed by atoms with Gasteiger partial charge < -0.3 is 15.8 Å². The fourth-order valence-electron chi connectivity index (χ4n) is 2.96. The van der Waals surface area contributed by atoms with Crippen molar-refractivity contribution in [3.63, 3.8) is 0 Å². The van der Waals surface area contributed by atoms with Crippen LogP contribution < -0.4 is 15.8 Å². The molecule has 6 heteroatoms. The fraction of sp³-hybridized carbons (Fsp3) is 0.400. The number of halogens is 1. The molecule has 0 saturated heterocycles. The number of nitrogens with zero attached hydrogens (tertiary/aromatic N) is 1. The molecule has 1 heterocycles. The largest absolute Gasteiger partial charge is 0.488 e. The Balaban J connectivity index is 2.31. The van der Waals surface area contributed by atoms with Gasteiger partial charge in [-0.25, -0.2) is 9.37 Å². The van der Waals surface area contributed by atoms with E-state index in [1.54, 1.807) is 30.5 Å². The molecule has 5 nitrogen and oxygen atoms in total. The molecular formula is C20H26FN3O2. The van der Waals surface area contributed by atoms with Crippen LogP contribution >= 0.6 is 0 Å². The van der Waals surface area contributed by atoms with E-state index in [1.165, 1.54) is 13.0 Å². The zero-order chi connectivity index (χ0) is 19.3. The Labute approximate surface area is 153 Å². The van der Waals surface area contributed by atoms with E-state index in [4.69, 9.17) is 10.5 Å². The van der Waals surface area contributed by atoms with Crippen molar-refractivity contribution in [3.8, 4) is 16.9 Å². The number of para-hydroxylation sites is 1. The zero-order valence-electron chi connectivity index (χ0n) is 15.7. The molecule has 0 spiro atoms. The highest BCUT2D eigenvalue weighted by molar-refractivity contribution is 5.88. The van der Waals surface area contributed by atoms with Crippen molar-refractivity contribution in [2.24, 2.45) is 11.7 Å². The van der Waals surface area contributed by atoms with Gasteiger partial charge in [0, 0.05) is 24.2 Å². The third kappa shape index (κ3) is 5.52. The normalized spacial score (nSPS) is 13.3. The zero-order valence-corrected chi connectivity index (χ0v) is 15.7. The van der Waals surface area contributed by atoms with Crippen LogP contribution in [0.4, 0.5) is 10.2 Å². The summed E-state index contributed by atoms with van der Waals surface area (Å²) in [7, 11) is 0. The van der Waals surface area contributed by atoms with E-state index in [2.05, 4.69) is 24.1 Å². The number of nitrogens with one attached hydrogen (secondary N) is 1. The first kappa shape index (κ1) is 19.8. The van der Waals surface area contributed by atoms with Crippen molar-refractivity contribution in [2.45, 2.75) is 39.7 Å². The van der Waals surface area contributed by atoms with E-state index in [1.807, 2.05) is 6.92 Å². The average Bonchev–Trinajstić information content (AvgIpc) is 2.52. The van der Waals surface area contributed by atoms with Crippen LogP contribution in [0.1, 0.15) is 34.1 Å². The molecule has 1 atom stereocenters. The third-order valence-electron chi connectivity index (χ3n) is 3.76. The van der Waals surface area contributed by atoms with Crippen LogP contribution in [-0.2, 0) is 4.79 Å². The summed E-state index contributed by atoms with van der Waals surface area (Å²) in [6.07, 6.45) is 2.32. The number of carbonyl (C=O) groups is 1. The smallest absolute Gasteiger partial charge is 0.222 e. The van der Waals surface area contributed by atoms with Gasteiger partial charge in [0.2, 0.25) is 5.91 Å². The van der Waals surface area contributed by atoms with E-state index in [9.17, 15) is 9.18 Å². The SMILES string of the molecule is CC(=O)Nc1cc(-c2cccc(F)c2OCC(C)(N)CC(C)C)ccn1. The molecular weight excluding hydrogens is 333 g/mol. The molecule has 2 rings (SSSR count). The fourth-order valence-corrected chi connectivity index (χ4v) is 2.96. The van der Waals surface area contributed by atoms with Crippen LogP contribution in [0, 0.1) is 11.7 Å². The summed E-state index contributed by atoms with van der Waals surface area (Å²) in [6, 6.07) is 8.15. The minimum atomic E-state index is -0.562. The molecule has 1 unspecified atom stereocenters. The number of amides is 1. The summed E-state index contributed by atoms with van der Waals surface area (Å²) >= 11 is 0. The molecule has 0 radical (unpaired) electrons. The number of pyridine rings is 1. The van der Waals surface area contributed by atoms with Crippen molar-refractivity contribution in [1.82, 2.24) is 4.98 Å². The lowest BCUT2D eigenvalue weighted by atomic mass is 9.93. The van der Waals surface area contributed by atoms with Crippen LogP contribution in [0.2, 0.25) is 0 Å². The highest BCUT2D eigenvalue weighted by atomic mass is 19.1. The van der Waals surface area contributed by atoms with Crippen LogP contribution in [0.25, 0.3) is 11.1 Å². The molecule has 0 aliphatic rings. The average molecular weight is 359 g/mol. The second-order valence-corrected chi connectivity index (χ2v) is 7.27. The minimum Gasteiger partial charge on any atom is -0.488 e. The Bertz CT molecular complexity index is 775. The van der Waals surface area contributed by atoms with Gasteiger partial charge >= 0.3 is 0 Å². The van der Waals surface area contributed by atoms with Crippen LogP contribution in [-0.4, -0.2) is 23.0 Å². The van der Waals surface area contributed by atoms with Crippen LogP contribution in [0.15, 0.2) is 36.5 Å². The van der Waals surface area contributed by atoms with E-state index in [-0.39, 0.29) is 18.3 Å². The number of hydrogen-bond acceptors (Lipinski definition) is 4. The number of rotatable bonds is 7. The maximum Gasteiger partial charge on any atom is 0.222 e. The highest BCUT2D eigenvalue weighted by Crippen LogP contribution is 2.34. The molecule has 1 aromatic heterocycles. The first-order valence-electron chi connectivity index (χ1n) is 8.62. The van der Waals surface area contributed by atoms with Crippen LogP contribution in [0.3, 0.4) is 0 Å². The van der Waals surface area contributed by atoms with Crippen molar-refractivity contribution >= 4 is 11.7 Å². The second-order valence-electron chi connectivity index (χ2n) is 7.27. The summed E-state index contributed by atoms with van der Waals surface area (Å²) in [5.41, 5.74) is 6.99. The number of hydrogen-bond donors (Lipinski definition) is 2. The Kier molecular flexibility index (Phi) is 6.32. The summed E-state index contributed by atoms with van der Waals surface area (Å²) in [5.74, 6) is 0.273. The van der Waals surface area contributed by atoms with Gasteiger partial charge in [0.15, 0.2) is 11.6 Å². The van der Waals surface area contributed by atoms with Crippen molar-refractivity contribution < 1.29 is 13.9 Å². The molecule has 0 bridgehead atoms. The van der Waals surface area contributed by atoms with E-state index < -0.39 is 11.4 Å². The lowest BCUT2D eigenvalue weighted by Gasteiger charge is -2.27. The van der Waals surface area contributed by atoms with Gasteiger partial charge in [-0.15, -0.1) is 0 Å². The molecule has 26 heavy (non-hydrogen) atoms. The number of ether oxygens (including phenoxy) is 1. The van der Waals surface area contributed by atoms with Gasteiger partial charge in [-0.05, 0) is 43.0 Å². The summed E-state index contributed by atoms with van der Waals surface area (Å²) in [5, 5.41) is 2.62. The molecule has 0 aliphatic carbocycles. The van der Waals surface area contributed by atoms with Crippen LogP contribution in [0.5, 0.6) is 5.75 Å². The molecule has 3 N–H and O–H groups in total. The van der Waals surface area contributed by atoms with E-state index in [0.29, 0.717) is 22.9 Å². The molecule has 0 saturated carbocycles. The molecule has 0 aliphatic heterocycles. The van der Waals surface area contributed by atoms with Crippen molar-refractivity contribution in [1.29, 1.82) is 0 Å². The Morgan fingerprint density at radius 1 is 1.38 bits per heavy atom. The Morgan fingerprint density at radius 3 is 2.77 bits per heavy atom. The predicted octanol–water partition coefficient (Wildman–Crippen LogP) is 3.99. The molecule has 2 aromatic rings. The highest BCUT2D eigenvalue weighted by Gasteiger charge is 2.23. The van der Waals surface area contributed by atoms with Gasteiger partial charge in [0.1, 0.15) is 12.4 Å². The van der Waals surface area contributed by atoms with Gasteiger partial charge in [0.05, 0.1) is 0 Å². The first-order chi connectivity index (χ1) is 12.2. The van der Waals surface area contributed by atoms with Gasteiger partial charge in [0.25, 0.3) is 0 Å². The topological polar surface area (TPSA) is 77.2 Å². The van der Waals surface area contributed by atoms with Gasteiger partial charge in [-0.1, -0.05) is 26.0 Å². The number of benzene rings is 1. The standard InChI is InChI=1S/C20H26FN3O2/c1-13(2)11-20(4,22)12-26-19-16(6-5-7-17(19)21)15-8-9-23-18(10-15)24-14(3)25/h5-10,13H,11-12,22H2,1-4H3,(H,23,24,25). The predicted molar refractivity (Wildman–Crippen MR) is 101 cm³/mol. The van der Waals surface area contributed by atoms with Gasteiger partial charge in [-0.3, -0.25) is 4.79 Å². The molecule has 0 fully saturated rings. The number of carbonyl (C=O) groups excluding carboxylic acids is 1.